The van der Waals surface area contributed by atoms with Gasteiger partial charge >= 0.3 is 5.97 Å². The molecule has 0 bridgehead atoms. The Kier molecular flexibility index (Phi) is 7.98. The van der Waals surface area contributed by atoms with Crippen molar-refractivity contribution in [2.75, 3.05) is 38.7 Å². The SMILES string of the molecule is COC(=O)CCCNC(=S)N(C)Cc1ccccc1N1CCCCC1. The molecule has 0 amide bonds. The number of rotatable bonds is 7. The van der Waals surface area contributed by atoms with Crippen LogP contribution < -0.4 is 10.2 Å². The van der Waals surface area contributed by atoms with Crippen LogP contribution in [-0.2, 0) is 16.1 Å². The van der Waals surface area contributed by atoms with Gasteiger partial charge in [-0.3, -0.25) is 4.79 Å². The van der Waals surface area contributed by atoms with Crippen LogP contribution in [0, 0.1) is 0 Å². The van der Waals surface area contributed by atoms with Gasteiger partial charge in [0.2, 0.25) is 0 Å². The molecule has 0 aromatic heterocycles. The summed E-state index contributed by atoms with van der Waals surface area (Å²) in [6.07, 6.45) is 4.99. The Morgan fingerprint density at radius 2 is 2.00 bits per heavy atom. The molecular weight excluding hydrogens is 334 g/mol. The lowest BCUT2D eigenvalue weighted by Crippen LogP contribution is -2.38. The number of piperidine rings is 1. The van der Waals surface area contributed by atoms with Crippen LogP contribution in [0.15, 0.2) is 24.3 Å². The molecule has 0 aliphatic carbocycles. The first-order chi connectivity index (χ1) is 12.1. The summed E-state index contributed by atoms with van der Waals surface area (Å²) in [6, 6.07) is 8.59. The molecule has 1 saturated heterocycles. The summed E-state index contributed by atoms with van der Waals surface area (Å²) in [7, 11) is 3.41. The lowest BCUT2D eigenvalue weighted by molar-refractivity contribution is -0.140. The van der Waals surface area contributed by atoms with Crippen LogP contribution in [0.1, 0.15) is 37.7 Å². The topological polar surface area (TPSA) is 44.8 Å². The highest BCUT2D eigenvalue weighted by Gasteiger charge is 2.15. The quantitative estimate of drug-likeness (QED) is 0.457. The second-order valence-corrected chi connectivity index (χ2v) is 6.83. The van der Waals surface area contributed by atoms with Crippen LogP contribution >= 0.6 is 12.2 Å². The molecule has 25 heavy (non-hydrogen) atoms. The van der Waals surface area contributed by atoms with Crippen molar-refractivity contribution >= 4 is 29.0 Å². The zero-order chi connectivity index (χ0) is 18.1. The highest BCUT2D eigenvalue weighted by atomic mass is 32.1. The molecule has 5 nitrogen and oxygen atoms in total. The number of hydrogen-bond donors (Lipinski definition) is 1. The third-order valence-corrected chi connectivity index (χ3v) is 4.96. The maximum absolute atomic E-state index is 11.1. The lowest BCUT2D eigenvalue weighted by Gasteiger charge is -2.32. The number of hydrogen-bond acceptors (Lipinski definition) is 4. The summed E-state index contributed by atoms with van der Waals surface area (Å²) in [4.78, 5) is 15.7. The summed E-state index contributed by atoms with van der Waals surface area (Å²) in [5.74, 6) is -0.184. The summed E-state index contributed by atoms with van der Waals surface area (Å²) < 4.78 is 4.64. The van der Waals surface area contributed by atoms with Gasteiger partial charge in [0.1, 0.15) is 0 Å². The van der Waals surface area contributed by atoms with Crippen molar-refractivity contribution in [1.29, 1.82) is 0 Å². The largest absolute Gasteiger partial charge is 0.469 e. The predicted octanol–water partition coefficient (Wildman–Crippen LogP) is 2.94. The number of nitrogens with zero attached hydrogens (tertiary/aromatic N) is 2. The highest BCUT2D eigenvalue weighted by molar-refractivity contribution is 7.80. The number of para-hydroxylation sites is 1. The van der Waals surface area contributed by atoms with Crippen LogP contribution in [0.4, 0.5) is 5.69 Å². The number of thiocarbonyl (C=S) groups is 1. The van der Waals surface area contributed by atoms with Gasteiger partial charge in [0.05, 0.1) is 7.11 Å². The number of methoxy groups -OCH3 is 1. The van der Waals surface area contributed by atoms with Gasteiger partial charge in [0, 0.05) is 45.3 Å². The van der Waals surface area contributed by atoms with E-state index in [0.29, 0.717) is 24.5 Å². The minimum absolute atomic E-state index is 0.184. The van der Waals surface area contributed by atoms with E-state index in [0.717, 1.165) is 19.6 Å². The van der Waals surface area contributed by atoms with E-state index >= 15 is 0 Å². The number of nitrogens with one attached hydrogen (secondary N) is 1. The second-order valence-electron chi connectivity index (χ2n) is 6.44. The summed E-state index contributed by atoms with van der Waals surface area (Å²) >= 11 is 5.47. The van der Waals surface area contributed by atoms with Crippen LogP contribution in [0.5, 0.6) is 0 Å². The van der Waals surface area contributed by atoms with Gasteiger partial charge in [-0.25, -0.2) is 0 Å². The van der Waals surface area contributed by atoms with Crippen molar-refractivity contribution in [3.05, 3.63) is 29.8 Å². The van der Waals surface area contributed by atoms with Gasteiger partial charge in [0.15, 0.2) is 5.11 Å². The van der Waals surface area contributed by atoms with Crippen molar-refractivity contribution in [2.24, 2.45) is 0 Å². The average Bonchev–Trinajstić information content (AvgIpc) is 2.65. The molecule has 0 spiro atoms. The molecular formula is C19H29N3O2S. The number of carbonyl (C=O) groups is 1. The minimum atomic E-state index is -0.184. The molecule has 1 N–H and O–H groups in total. The molecule has 1 aromatic rings. The molecule has 0 radical (unpaired) electrons. The standard InChI is InChI=1S/C19H29N3O2S/c1-21(19(25)20-12-8-11-18(23)24-2)15-16-9-4-5-10-17(16)22-13-6-3-7-14-22/h4-5,9-10H,3,6-8,11-15H2,1-2H3,(H,20,25). The van der Waals surface area contributed by atoms with E-state index in [-0.39, 0.29) is 5.97 Å². The molecule has 1 fully saturated rings. The third kappa shape index (κ3) is 6.20. The maximum Gasteiger partial charge on any atom is 0.305 e. The molecule has 0 saturated carbocycles. The molecule has 6 heteroatoms. The van der Waals surface area contributed by atoms with E-state index in [1.54, 1.807) is 0 Å². The van der Waals surface area contributed by atoms with Gasteiger partial charge in [-0.1, -0.05) is 18.2 Å². The van der Waals surface area contributed by atoms with Crippen LogP contribution in [0.25, 0.3) is 0 Å². The Bertz CT molecular complexity index is 574. The van der Waals surface area contributed by atoms with Crippen LogP contribution in [-0.4, -0.2) is 49.8 Å². The zero-order valence-corrected chi connectivity index (χ0v) is 16.1. The van der Waals surface area contributed by atoms with E-state index < -0.39 is 0 Å². The van der Waals surface area contributed by atoms with Gasteiger partial charge in [-0.05, 0) is 49.5 Å². The number of ether oxygens (including phenoxy) is 1. The smallest absolute Gasteiger partial charge is 0.305 e. The van der Waals surface area contributed by atoms with Gasteiger partial charge < -0.3 is 19.9 Å². The molecule has 0 unspecified atom stereocenters. The summed E-state index contributed by atoms with van der Waals surface area (Å²) in [5.41, 5.74) is 2.62. The van der Waals surface area contributed by atoms with Crippen LogP contribution in [0.2, 0.25) is 0 Å². The Labute approximate surface area is 156 Å². The van der Waals surface area contributed by atoms with E-state index in [2.05, 4.69) is 44.1 Å². The summed E-state index contributed by atoms with van der Waals surface area (Å²) in [5, 5.41) is 3.92. The highest BCUT2D eigenvalue weighted by Crippen LogP contribution is 2.25. The molecule has 138 valence electrons. The Balaban J connectivity index is 1.86. The number of anilines is 1. The fourth-order valence-corrected chi connectivity index (χ4v) is 3.25. The van der Waals surface area contributed by atoms with E-state index in [1.807, 2.05) is 7.05 Å². The van der Waals surface area contributed by atoms with Crippen molar-refractivity contribution in [2.45, 2.75) is 38.6 Å². The number of carbonyl (C=O) groups excluding carboxylic acids is 1. The van der Waals surface area contributed by atoms with Gasteiger partial charge in [-0.15, -0.1) is 0 Å². The molecule has 1 aromatic carbocycles. The first-order valence-corrected chi connectivity index (χ1v) is 9.41. The first kappa shape index (κ1) is 19.5. The summed E-state index contributed by atoms with van der Waals surface area (Å²) in [6.45, 7) is 3.72. The lowest BCUT2D eigenvalue weighted by atomic mass is 10.1. The van der Waals surface area contributed by atoms with Gasteiger partial charge in [0.25, 0.3) is 0 Å². The molecule has 2 rings (SSSR count). The van der Waals surface area contributed by atoms with Crippen LogP contribution in [0.3, 0.4) is 0 Å². The fraction of sp³-hybridized carbons (Fsp3) is 0.579. The minimum Gasteiger partial charge on any atom is -0.469 e. The maximum atomic E-state index is 11.1. The molecule has 1 heterocycles. The molecule has 1 aliphatic heterocycles. The Morgan fingerprint density at radius 3 is 2.72 bits per heavy atom. The molecule has 0 atom stereocenters. The first-order valence-electron chi connectivity index (χ1n) is 9.00. The number of esters is 1. The zero-order valence-electron chi connectivity index (χ0n) is 15.3. The van der Waals surface area contributed by atoms with E-state index in [4.69, 9.17) is 12.2 Å². The third-order valence-electron chi connectivity index (χ3n) is 4.50. The van der Waals surface area contributed by atoms with Gasteiger partial charge in [-0.2, -0.15) is 0 Å². The van der Waals surface area contributed by atoms with Crippen molar-refractivity contribution in [3.63, 3.8) is 0 Å². The van der Waals surface area contributed by atoms with E-state index in [9.17, 15) is 4.79 Å². The monoisotopic (exact) mass is 363 g/mol. The van der Waals surface area contributed by atoms with Crippen molar-refractivity contribution < 1.29 is 9.53 Å². The van der Waals surface area contributed by atoms with Crippen molar-refractivity contribution in [3.8, 4) is 0 Å². The normalized spacial score (nSPS) is 14.1. The Hall–Kier alpha value is -1.82. The van der Waals surface area contributed by atoms with Crippen molar-refractivity contribution in [1.82, 2.24) is 10.2 Å². The second kappa shape index (κ2) is 10.2. The predicted molar refractivity (Wildman–Crippen MR) is 106 cm³/mol. The average molecular weight is 364 g/mol. The number of benzene rings is 1. The fourth-order valence-electron chi connectivity index (χ4n) is 3.08. The van der Waals surface area contributed by atoms with E-state index in [1.165, 1.54) is 37.6 Å². The molecule has 1 aliphatic rings. The Morgan fingerprint density at radius 1 is 1.28 bits per heavy atom.